The molecule has 1 amide bonds. The third-order valence-corrected chi connectivity index (χ3v) is 5.25. The molecule has 2 fully saturated rings. The van der Waals surface area contributed by atoms with E-state index in [-0.39, 0.29) is 23.3 Å². The van der Waals surface area contributed by atoms with E-state index >= 15 is 0 Å². The van der Waals surface area contributed by atoms with Gasteiger partial charge < -0.3 is 14.9 Å². The highest BCUT2D eigenvalue weighted by Gasteiger charge is 2.39. The molecule has 0 radical (unpaired) electrons. The minimum atomic E-state index is -0.213. The quantitative estimate of drug-likeness (QED) is 0.911. The highest BCUT2D eigenvalue weighted by Crippen LogP contribution is 2.33. The van der Waals surface area contributed by atoms with E-state index in [1.165, 1.54) is 0 Å². The molecule has 3 heterocycles. The van der Waals surface area contributed by atoms with Gasteiger partial charge in [-0.2, -0.15) is 0 Å². The number of hydrogen-bond donors (Lipinski definition) is 1. The Morgan fingerprint density at radius 1 is 1.33 bits per heavy atom. The maximum absolute atomic E-state index is 11.6. The van der Waals surface area contributed by atoms with Crippen molar-refractivity contribution in [3.63, 3.8) is 0 Å². The third kappa shape index (κ3) is 3.81. The second-order valence-corrected chi connectivity index (χ2v) is 8.11. The van der Waals surface area contributed by atoms with Gasteiger partial charge in [0, 0.05) is 12.0 Å². The van der Waals surface area contributed by atoms with Crippen LogP contribution in [0.4, 0.5) is 0 Å². The standard InChI is InChI=1S/C18H29N3O3/c1-18(2,3)14-10-20-15(24-14)11-21-7-4-12(5-8-21)16-13(17(19)22)6-9-23-16/h10,12-13,16H,4-9,11H2,1-3H3,(H2,19,22)/t13-,16+/m0/s1. The van der Waals surface area contributed by atoms with Gasteiger partial charge in [-0.3, -0.25) is 9.69 Å². The van der Waals surface area contributed by atoms with Crippen molar-refractivity contribution in [1.29, 1.82) is 0 Å². The van der Waals surface area contributed by atoms with Gasteiger partial charge in [0.05, 0.1) is 24.8 Å². The maximum Gasteiger partial charge on any atom is 0.223 e. The summed E-state index contributed by atoms with van der Waals surface area (Å²) in [4.78, 5) is 18.3. The van der Waals surface area contributed by atoms with Crippen LogP contribution in [-0.4, -0.2) is 41.6 Å². The van der Waals surface area contributed by atoms with Gasteiger partial charge in [-0.05, 0) is 38.3 Å². The number of ether oxygens (including phenoxy) is 1. The lowest BCUT2D eigenvalue weighted by atomic mass is 9.84. The molecule has 2 N–H and O–H groups in total. The number of primary amides is 1. The molecule has 1 aromatic heterocycles. The summed E-state index contributed by atoms with van der Waals surface area (Å²) in [6.07, 6.45) is 4.68. The van der Waals surface area contributed by atoms with Crippen molar-refractivity contribution in [2.75, 3.05) is 19.7 Å². The second kappa shape index (κ2) is 6.84. The van der Waals surface area contributed by atoms with Crippen LogP contribution in [0, 0.1) is 11.8 Å². The first kappa shape index (κ1) is 17.4. The lowest BCUT2D eigenvalue weighted by molar-refractivity contribution is -0.124. The van der Waals surface area contributed by atoms with Crippen LogP contribution in [0.15, 0.2) is 10.6 Å². The van der Waals surface area contributed by atoms with E-state index in [2.05, 4.69) is 30.7 Å². The minimum absolute atomic E-state index is 0.0121. The number of piperidine rings is 1. The average Bonchev–Trinajstić information content (AvgIpc) is 3.16. The Hall–Kier alpha value is -1.40. The van der Waals surface area contributed by atoms with E-state index < -0.39 is 0 Å². The predicted molar refractivity (Wildman–Crippen MR) is 90.2 cm³/mol. The summed E-state index contributed by atoms with van der Waals surface area (Å²) >= 11 is 0. The number of carbonyl (C=O) groups excluding carboxylic acids is 1. The van der Waals surface area contributed by atoms with Gasteiger partial charge in [0.1, 0.15) is 5.76 Å². The van der Waals surface area contributed by atoms with Gasteiger partial charge in [-0.15, -0.1) is 0 Å². The molecular formula is C18H29N3O3. The molecule has 0 bridgehead atoms. The molecule has 0 spiro atoms. The Morgan fingerprint density at radius 2 is 2.04 bits per heavy atom. The first-order chi connectivity index (χ1) is 11.3. The van der Waals surface area contributed by atoms with E-state index in [4.69, 9.17) is 14.9 Å². The van der Waals surface area contributed by atoms with Gasteiger partial charge in [-0.25, -0.2) is 4.98 Å². The lowest BCUT2D eigenvalue weighted by Gasteiger charge is -2.35. The SMILES string of the molecule is CC(C)(C)c1cnc(CN2CCC([C@H]3OCC[C@@H]3C(N)=O)CC2)o1. The highest BCUT2D eigenvalue weighted by atomic mass is 16.5. The molecule has 2 atom stereocenters. The molecule has 0 unspecified atom stereocenters. The summed E-state index contributed by atoms with van der Waals surface area (Å²) in [5.74, 6) is 1.81. The number of carbonyl (C=O) groups is 1. The van der Waals surface area contributed by atoms with Crippen molar-refractivity contribution in [3.8, 4) is 0 Å². The monoisotopic (exact) mass is 335 g/mol. The fraction of sp³-hybridized carbons (Fsp3) is 0.778. The number of amides is 1. The fourth-order valence-corrected chi connectivity index (χ4v) is 3.74. The summed E-state index contributed by atoms with van der Waals surface area (Å²) in [7, 11) is 0. The van der Waals surface area contributed by atoms with Crippen molar-refractivity contribution >= 4 is 5.91 Å². The number of aromatic nitrogens is 1. The van der Waals surface area contributed by atoms with Gasteiger partial charge in [0.25, 0.3) is 0 Å². The lowest BCUT2D eigenvalue weighted by Crippen LogP contribution is -2.41. The second-order valence-electron chi connectivity index (χ2n) is 8.11. The van der Waals surface area contributed by atoms with Crippen LogP contribution in [0.3, 0.4) is 0 Å². The molecular weight excluding hydrogens is 306 g/mol. The molecule has 3 rings (SSSR count). The van der Waals surface area contributed by atoms with E-state index in [1.807, 2.05) is 6.20 Å². The van der Waals surface area contributed by atoms with Gasteiger partial charge in [0.2, 0.25) is 11.8 Å². The summed E-state index contributed by atoms with van der Waals surface area (Å²) < 4.78 is 11.7. The van der Waals surface area contributed by atoms with Crippen molar-refractivity contribution in [2.45, 2.75) is 58.1 Å². The Bertz CT molecular complexity index is 570. The first-order valence-electron chi connectivity index (χ1n) is 8.93. The third-order valence-electron chi connectivity index (χ3n) is 5.25. The zero-order chi connectivity index (χ0) is 17.3. The van der Waals surface area contributed by atoms with Crippen molar-refractivity contribution in [2.24, 2.45) is 17.6 Å². The summed E-state index contributed by atoms with van der Waals surface area (Å²) in [6.45, 7) is 9.73. The predicted octanol–water partition coefficient (Wildman–Crippen LogP) is 2.07. The van der Waals surface area contributed by atoms with Gasteiger partial charge >= 0.3 is 0 Å². The zero-order valence-electron chi connectivity index (χ0n) is 15.0. The normalized spacial score (nSPS) is 26.8. The maximum atomic E-state index is 11.6. The zero-order valence-corrected chi connectivity index (χ0v) is 15.0. The first-order valence-corrected chi connectivity index (χ1v) is 8.93. The highest BCUT2D eigenvalue weighted by molar-refractivity contribution is 5.77. The van der Waals surface area contributed by atoms with Gasteiger partial charge in [-0.1, -0.05) is 20.8 Å². The van der Waals surface area contributed by atoms with Crippen molar-refractivity contribution in [1.82, 2.24) is 9.88 Å². The molecule has 0 aliphatic carbocycles. The van der Waals surface area contributed by atoms with Crippen LogP contribution >= 0.6 is 0 Å². The molecule has 6 nitrogen and oxygen atoms in total. The summed E-state index contributed by atoms with van der Waals surface area (Å²) in [6, 6.07) is 0. The number of rotatable bonds is 4. The minimum Gasteiger partial charge on any atom is -0.444 e. The number of nitrogens with zero attached hydrogens (tertiary/aromatic N) is 2. The summed E-state index contributed by atoms with van der Waals surface area (Å²) in [5.41, 5.74) is 5.50. The molecule has 6 heteroatoms. The van der Waals surface area contributed by atoms with E-state index in [1.54, 1.807) is 0 Å². The largest absolute Gasteiger partial charge is 0.444 e. The molecule has 0 aromatic carbocycles. The molecule has 0 saturated carbocycles. The topological polar surface area (TPSA) is 81.6 Å². The van der Waals surface area contributed by atoms with E-state index in [0.717, 1.165) is 50.5 Å². The van der Waals surface area contributed by atoms with Crippen molar-refractivity contribution < 1.29 is 13.9 Å². The van der Waals surface area contributed by atoms with Crippen LogP contribution in [0.1, 0.15) is 51.7 Å². The Kier molecular flexibility index (Phi) is 4.97. The summed E-state index contributed by atoms with van der Waals surface area (Å²) in [5, 5.41) is 0. The van der Waals surface area contributed by atoms with Crippen LogP contribution in [0.5, 0.6) is 0 Å². The van der Waals surface area contributed by atoms with Crippen LogP contribution in [0.2, 0.25) is 0 Å². The van der Waals surface area contributed by atoms with E-state index in [0.29, 0.717) is 12.5 Å². The van der Waals surface area contributed by atoms with Crippen LogP contribution in [0.25, 0.3) is 0 Å². The smallest absolute Gasteiger partial charge is 0.223 e. The molecule has 24 heavy (non-hydrogen) atoms. The Balaban J connectivity index is 1.52. The van der Waals surface area contributed by atoms with Crippen molar-refractivity contribution in [3.05, 3.63) is 17.8 Å². The molecule has 1 aromatic rings. The number of likely N-dealkylation sites (tertiary alicyclic amines) is 1. The Morgan fingerprint density at radius 3 is 2.62 bits per heavy atom. The number of nitrogens with two attached hydrogens (primary N) is 1. The number of oxazole rings is 1. The van der Waals surface area contributed by atoms with E-state index in [9.17, 15) is 4.79 Å². The Labute approximate surface area is 143 Å². The molecule has 2 aliphatic heterocycles. The molecule has 2 saturated heterocycles. The van der Waals surface area contributed by atoms with Crippen LogP contribution < -0.4 is 5.73 Å². The number of hydrogen-bond acceptors (Lipinski definition) is 5. The molecule has 2 aliphatic rings. The average molecular weight is 335 g/mol. The fourth-order valence-electron chi connectivity index (χ4n) is 3.74. The van der Waals surface area contributed by atoms with Gasteiger partial charge in [0.15, 0.2) is 0 Å². The molecule has 134 valence electrons. The van der Waals surface area contributed by atoms with Crippen LogP contribution in [-0.2, 0) is 21.5 Å².